The minimum atomic E-state index is -4.65. The van der Waals surface area contributed by atoms with Crippen molar-refractivity contribution in [2.24, 2.45) is 0 Å². The Morgan fingerprint density at radius 1 is 1.00 bits per heavy atom. The smallest absolute Gasteiger partial charge is 0.340 e. The number of nitrogens with zero attached hydrogens (tertiary/aromatic N) is 2. The topological polar surface area (TPSA) is 66.9 Å². The van der Waals surface area contributed by atoms with E-state index in [-0.39, 0.29) is 17.2 Å². The van der Waals surface area contributed by atoms with Crippen molar-refractivity contribution in [2.45, 2.75) is 13.1 Å². The monoisotopic (exact) mass is 346 g/mol. The standard InChI is InChI=1S/C17H13F3N4O/c1-10(25)21-11-5-4-6-12(9-11)22-15-13-7-2-3-8-14(13)23-16(24-15)17(18,19)20/h2-9H,1H3,(H,21,25)(H,22,23,24). The van der Waals surface area contributed by atoms with Crippen LogP contribution >= 0.6 is 0 Å². The Bertz CT molecular complexity index is 941. The Morgan fingerprint density at radius 3 is 2.44 bits per heavy atom. The highest BCUT2D eigenvalue weighted by Gasteiger charge is 2.35. The fraction of sp³-hybridized carbons (Fsp3) is 0.118. The molecule has 3 rings (SSSR count). The van der Waals surface area contributed by atoms with Gasteiger partial charge in [0.15, 0.2) is 0 Å². The second kappa shape index (κ2) is 6.39. The third-order valence-corrected chi connectivity index (χ3v) is 3.30. The Kier molecular flexibility index (Phi) is 4.26. The van der Waals surface area contributed by atoms with Crippen molar-refractivity contribution in [2.75, 3.05) is 10.6 Å². The Labute approximate surface area is 140 Å². The molecule has 0 fully saturated rings. The van der Waals surface area contributed by atoms with Gasteiger partial charge in [0.25, 0.3) is 0 Å². The van der Waals surface area contributed by atoms with Crippen molar-refractivity contribution in [3.05, 3.63) is 54.4 Å². The molecular formula is C17H13F3N4O. The lowest BCUT2D eigenvalue weighted by molar-refractivity contribution is -0.144. The van der Waals surface area contributed by atoms with Gasteiger partial charge >= 0.3 is 6.18 Å². The van der Waals surface area contributed by atoms with E-state index in [2.05, 4.69) is 20.6 Å². The second-order valence-electron chi connectivity index (χ2n) is 5.30. The molecule has 0 radical (unpaired) electrons. The van der Waals surface area contributed by atoms with E-state index in [1.54, 1.807) is 42.5 Å². The summed E-state index contributed by atoms with van der Waals surface area (Å²) < 4.78 is 39.1. The number of aromatic nitrogens is 2. The van der Waals surface area contributed by atoms with Gasteiger partial charge < -0.3 is 10.6 Å². The van der Waals surface area contributed by atoms with Gasteiger partial charge in [-0.05, 0) is 30.3 Å². The van der Waals surface area contributed by atoms with E-state index in [1.807, 2.05) is 0 Å². The minimum Gasteiger partial charge on any atom is -0.340 e. The zero-order chi connectivity index (χ0) is 18.0. The van der Waals surface area contributed by atoms with E-state index in [0.29, 0.717) is 16.8 Å². The van der Waals surface area contributed by atoms with Crippen molar-refractivity contribution in [3.63, 3.8) is 0 Å². The molecule has 5 nitrogen and oxygen atoms in total. The van der Waals surface area contributed by atoms with Crippen LogP contribution in [0.3, 0.4) is 0 Å². The molecule has 128 valence electrons. The number of benzene rings is 2. The predicted octanol–water partition coefficient (Wildman–Crippen LogP) is 4.35. The maximum atomic E-state index is 13.0. The third kappa shape index (κ3) is 3.85. The minimum absolute atomic E-state index is 0.0397. The van der Waals surface area contributed by atoms with Crippen molar-refractivity contribution >= 4 is 34.0 Å². The van der Waals surface area contributed by atoms with Gasteiger partial charge in [-0.1, -0.05) is 18.2 Å². The number of hydrogen-bond acceptors (Lipinski definition) is 4. The number of nitrogens with one attached hydrogen (secondary N) is 2. The number of alkyl halides is 3. The van der Waals surface area contributed by atoms with Crippen molar-refractivity contribution in [1.82, 2.24) is 9.97 Å². The molecular weight excluding hydrogens is 333 g/mol. The van der Waals surface area contributed by atoms with Crippen molar-refractivity contribution in [3.8, 4) is 0 Å². The summed E-state index contributed by atoms with van der Waals surface area (Å²) >= 11 is 0. The van der Waals surface area contributed by atoms with Crippen LogP contribution in [-0.2, 0) is 11.0 Å². The largest absolute Gasteiger partial charge is 0.451 e. The SMILES string of the molecule is CC(=O)Nc1cccc(Nc2nc(C(F)(F)F)nc3ccccc23)c1. The van der Waals surface area contributed by atoms with Crippen LogP contribution in [-0.4, -0.2) is 15.9 Å². The lowest BCUT2D eigenvalue weighted by Crippen LogP contribution is -2.12. The highest BCUT2D eigenvalue weighted by atomic mass is 19.4. The molecule has 8 heteroatoms. The summed E-state index contributed by atoms with van der Waals surface area (Å²) in [5, 5.41) is 5.94. The summed E-state index contributed by atoms with van der Waals surface area (Å²) in [6.45, 7) is 1.37. The zero-order valence-electron chi connectivity index (χ0n) is 13.1. The van der Waals surface area contributed by atoms with E-state index in [4.69, 9.17) is 0 Å². The van der Waals surface area contributed by atoms with E-state index in [0.717, 1.165) is 0 Å². The molecule has 0 saturated heterocycles. The van der Waals surface area contributed by atoms with Crippen LogP contribution in [0.2, 0.25) is 0 Å². The lowest BCUT2D eigenvalue weighted by Gasteiger charge is -2.13. The first-order valence-corrected chi connectivity index (χ1v) is 7.31. The lowest BCUT2D eigenvalue weighted by atomic mass is 10.2. The average molecular weight is 346 g/mol. The van der Waals surface area contributed by atoms with Gasteiger partial charge in [0.05, 0.1) is 5.52 Å². The van der Waals surface area contributed by atoms with Crippen LogP contribution < -0.4 is 10.6 Å². The molecule has 1 aromatic heterocycles. The van der Waals surface area contributed by atoms with Gasteiger partial charge in [-0.25, -0.2) is 9.97 Å². The van der Waals surface area contributed by atoms with Crippen molar-refractivity contribution in [1.29, 1.82) is 0 Å². The van der Waals surface area contributed by atoms with Gasteiger partial charge in [-0.2, -0.15) is 13.2 Å². The summed E-state index contributed by atoms with van der Waals surface area (Å²) in [4.78, 5) is 18.3. The van der Waals surface area contributed by atoms with Gasteiger partial charge in [0.2, 0.25) is 11.7 Å². The average Bonchev–Trinajstić information content (AvgIpc) is 2.53. The molecule has 0 aliphatic rings. The molecule has 1 heterocycles. The molecule has 0 bridgehead atoms. The van der Waals surface area contributed by atoms with Crippen LogP contribution in [0.5, 0.6) is 0 Å². The zero-order valence-corrected chi connectivity index (χ0v) is 13.1. The van der Waals surface area contributed by atoms with Gasteiger partial charge in [0, 0.05) is 23.7 Å². The Balaban J connectivity index is 2.05. The number of halogens is 3. The normalized spacial score (nSPS) is 11.4. The van der Waals surface area contributed by atoms with Gasteiger partial charge in [-0.15, -0.1) is 0 Å². The molecule has 0 spiro atoms. The fourth-order valence-electron chi connectivity index (χ4n) is 2.31. The molecule has 1 amide bonds. The van der Waals surface area contributed by atoms with E-state index in [9.17, 15) is 18.0 Å². The fourth-order valence-corrected chi connectivity index (χ4v) is 2.31. The highest BCUT2D eigenvalue weighted by molar-refractivity contribution is 5.92. The maximum absolute atomic E-state index is 13.0. The van der Waals surface area contributed by atoms with Crippen LogP contribution in [0, 0.1) is 0 Å². The maximum Gasteiger partial charge on any atom is 0.451 e. The first-order chi connectivity index (χ1) is 11.8. The van der Waals surface area contributed by atoms with Gasteiger partial charge in [-0.3, -0.25) is 4.79 Å². The van der Waals surface area contributed by atoms with E-state index >= 15 is 0 Å². The van der Waals surface area contributed by atoms with E-state index < -0.39 is 12.0 Å². The first kappa shape index (κ1) is 16.7. The van der Waals surface area contributed by atoms with Crippen LogP contribution in [0.25, 0.3) is 10.9 Å². The number of para-hydroxylation sites is 1. The van der Waals surface area contributed by atoms with Crippen LogP contribution in [0.15, 0.2) is 48.5 Å². The summed E-state index contributed by atoms with van der Waals surface area (Å²) in [5.41, 5.74) is 1.19. The Morgan fingerprint density at radius 2 is 1.72 bits per heavy atom. The van der Waals surface area contributed by atoms with Gasteiger partial charge in [0.1, 0.15) is 5.82 Å². The number of fused-ring (bicyclic) bond motifs is 1. The molecule has 0 aliphatic carbocycles. The number of carbonyl (C=O) groups excluding carboxylic acids is 1. The first-order valence-electron chi connectivity index (χ1n) is 7.31. The molecule has 0 unspecified atom stereocenters. The number of rotatable bonds is 3. The molecule has 3 aromatic rings. The number of anilines is 3. The predicted molar refractivity (Wildman–Crippen MR) is 88.6 cm³/mol. The van der Waals surface area contributed by atoms with Crippen LogP contribution in [0.1, 0.15) is 12.7 Å². The highest BCUT2D eigenvalue weighted by Crippen LogP contribution is 2.31. The Hall–Kier alpha value is -3.16. The van der Waals surface area contributed by atoms with E-state index in [1.165, 1.54) is 13.0 Å². The number of hydrogen-bond donors (Lipinski definition) is 2. The third-order valence-electron chi connectivity index (χ3n) is 3.30. The number of carbonyl (C=O) groups is 1. The summed E-state index contributed by atoms with van der Waals surface area (Å²) in [7, 11) is 0. The quantitative estimate of drug-likeness (QED) is 0.740. The molecule has 25 heavy (non-hydrogen) atoms. The summed E-state index contributed by atoms with van der Waals surface area (Å²) in [5.74, 6) is -1.42. The molecule has 0 saturated carbocycles. The molecule has 0 atom stereocenters. The summed E-state index contributed by atoms with van der Waals surface area (Å²) in [6, 6.07) is 13.0. The molecule has 2 N–H and O–H groups in total. The van der Waals surface area contributed by atoms with Crippen molar-refractivity contribution < 1.29 is 18.0 Å². The van der Waals surface area contributed by atoms with Crippen LogP contribution in [0.4, 0.5) is 30.4 Å². The molecule has 2 aromatic carbocycles. The second-order valence-corrected chi connectivity index (χ2v) is 5.30. The number of amides is 1. The molecule has 0 aliphatic heterocycles. The summed E-state index contributed by atoms with van der Waals surface area (Å²) in [6.07, 6.45) is -4.65.